The number of anilines is 1. The molecular formula is C20H28N2O3. The van der Waals surface area contributed by atoms with Crippen LogP contribution in [0.25, 0.3) is 0 Å². The van der Waals surface area contributed by atoms with E-state index in [4.69, 9.17) is 4.74 Å². The smallest absolute Gasteiger partial charge is 0.268 e. The van der Waals surface area contributed by atoms with Gasteiger partial charge < -0.3 is 9.64 Å². The number of benzene rings is 1. The minimum atomic E-state index is -0.539. The lowest BCUT2D eigenvalue weighted by Crippen LogP contribution is -2.52. The Morgan fingerprint density at radius 1 is 1.24 bits per heavy atom. The Hall–Kier alpha value is -2.04. The van der Waals surface area contributed by atoms with Crippen molar-refractivity contribution in [3.63, 3.8) is 0 Å². The second-order valence-electron chi connectivity index (χ2n) is 7.47. The summed E-state index contributed by atoms with van der Waals surface area (Å²) in [6, 6.07) is 7.76. The zero-order valence-corrected chi connectivity index (χ0v) is 15.4. The van der Waals surface area contributed by atoms with Gasteiger partial charge in [-0.05, 0) is 30.9 Å². The Labute approximate surface area is 149 Å². The number of nitrogens with zero attached hydrogens (tertiary/aromatic N) is 2. The predicted octanol–water partition coefficient (Wildman–Crippen LogP) is 3.23. The van der Waals surface area contributed by atoms with Crippen LogP contribution in [-0.4, -0.2) is 42.5 Å². The zero-order chi connectivity index (χ0) is 18.0. The van der Waals surface area contributed by atoms with Crippen LogP contribution in [0.3, 0.4) is 0 Å². The van der Waals surface area contributed by atoms with Crippen LogP contribution >= 0.6 is 0 Å². The fraction of sp³-hybridized carbons (Fsp3) is 0.600. The first-order valence-corrected chi connectivity index (χ1v) is 9.31. The summed E-state index contributed by atoms with van der Waals surface area (Å²) in [5.74, 6) is 0.599. The zero-order valence-electron chi connectivity index (χ0n) is 15.4. The van der Waals surface area contributed by atoms with Crippen LogP contribution in [-0.2, 0) is 9.59 Å². The molecule has 1 fully saturated rings. The van der Waals surface area contributed by atoms with E-state index in [1.807, 2.05) is 50.1 Å². The molecule has 3 rings (SSSR count). The van der Waals surface area contributed by atoms with Gasteiger partial charge in [-0.1, -0.05) is 45.2 Å². The Balaban J connectivity index is 1.79. The van der Waals surface area contributed by atoms with Gasteiger partial charge in [0.05, 0.1) is 5.69 Å². The Kier molecular flexibility index (Phi) is 5.30. The van der Waals surface area contributed by atoms with E-state index < -0.39 is 6.10 Å². The summed E-state index contributed by atoms with van der Waals surface area (Å²) in [6.07, 6.45) is 5.19. The molecule has 0 bridgehead atoms. The monoisotopic (exact) mass is 344 g/mol. The molecule has 5 nitrogen and oxygen atoms in total. The average molecular weight is 344 g/mol. The summed E-state index contributed by atoms with van der Waals surface area (Å²) in [7, 11) is 1.87. The van der Waals surface area contributed by atoms with Crippen LogP contribution in [0, 0.1) is 5.92 Å². The third-order valence-electron chi connectivity index (χ3n) is 5.33. The van der Waals surface area contributed by atoms with Crippen molar-refractivity contribution in [2.24, 2.45) is 5.92 Å². The summed E-state index contributed by atoms with van der Waals surface area (Å²) >= 11 is 0. The Morgan fingerprint density at radius 2 is 1.92 bits per heavy atom. The minimum Gasteiger partial charge on any atom is -0.478 e. The van der Waals surface area contributed by atoms with Crippen LogP contribution in [0.1, 0.15) is 46.0 Å². The van der Waals surface area contributed by atoms with E-state index in [1.54, 1.807) is 4.90 Å². The van der Waals surface area contributed by atoms with Gasteiger partial charge in [-0.2, -0.15) is 0 Å². The highest BCUT2D eigenvalue weighted by Gasteiger charge is 2.37. The number of hydrogen-bond donors (Lipinski definition) is 0. The SMILES string of the molecule is CC(C)[C@H]1Oc2ccccc2N(CC(=O)N(C)C2CCCCC2)C1=O. The molecule has 1 saturated carbocycles. The number of carbonyl (C=O) groups is 2. The van der Waals surface area contributed by atoms with Crippen LogP contribution in [0.15, 0.2) is 24.3 Å². The first-order valence-electron chi connectivity index (χ1n) is 9.31. The normalized spacial score (nSPS) is 21.0. The highest BCUT2D eigenvalue weighted by atomic mass is 16.5. The molecule has 5 heteroatoms. The number of para-hydroxylation sites is 2. The van der Waals surface area contributed by atoms with Crippen molar-refractivity contribution in [2.45, 2.75) is 58.1 Å². The number of rotatable bonds is 4. The van der Waals surface area contributed by atoms with Crippen molar-refractivity contribution in [3.05, 3.63) is 24.3 Å². The van der Waals surface area contributed by atoms with Crippen LogP contribution in [0.5, 0.6) is 5.75 Å². The lowest BCUT2D eigenvalue weighted by molar-refractivity contribution is -0.135. The molecular weight excluding hydrogens is 316 g/mol. The van der Waals surface area contributed by atoms with E-state index in [0.29, 0.717) is 17.5 Å². The van der Waals surface area contributed by atoms with Gasteiger partial charge >= 0.3 is 0 Å². The van der Waals surface area contributed by atoms with Crippen molar-refractivity contribution in [1.29, 1.82) is 0 Å². The average Bonchev–Trinajstić information content (AvgIpc) is 2.63. The topological polar surface area (TPSA) is 49.9 Å². The van der Waals surface area contributed by atoms with Gasteiger partial charge in [0.15, 0.2) is 6.10 Å². The molecule has 2 amide bonds. The molecule has 2 aliphatic rings. The van der Waals surface area contributed by atoms with Gasteiger partial charge in [-0.3, -0.25) is 14.5 Å². The van der Waals surface area contributed by atoms with Gasteiger partial charge in [0.25, 0.3) is 5.91 Å². The molecule has 0 saturated heterocycles. The standard InChI is InChI=1S/C20H28N2O3/c1-14(2)19-20(24)22(16-11-7-8-12-17(16)25-19)13-18(23)21(3)15-9-5-4-6-10-15/h7-8,11-12,14-15,19H,4-6,9-10,13H2,1-3H3/t19-/m1/s1. The Morgan fingerprint density at radius 3 is 2.60 bits per heavy atom. The fourth-order valence-corrected chi connectivity index (χ4v) is 3.74. The van der Waals surface area contributed by atoms with Crippen LogP contribution in [0.4, 0.5) is 5.69 Å². The fourth-order valence-electron chi connectivity index (χ4n) is 3.74. The van der Waals surface area contributed by atoms with E-state index in [2.05, 4.69) is 0 Å². The summed E-state index contributed by atoms with van der Waals surface area (Å²) < 4.78 is 5.88. The maximum Gasteiger partial charge on any atom is 0.268 e. The van der Waals surface area contributed by atoms with E-state index >= 15 is 0 Å². The minimum absolute atomic E-state index is 0.000501. The third kappa shape index (κ3) is 3.65. The largest absolute Gasteiger partial charge is 0.478 e. The van der Waals surface area contributed by atoms with Gasteiger partial charge in [0.1, 0.15) is 12.3 Å². The molecule has 1 aromatic carbocycles. The molecule has 0 radical (unpaired) electrons. The van der Waals surface area contributed by atoms with Crippen molar-refractivity contribution >= 4 is 17.5 Å². The summed E-state index contributed by atoms with van der Waals surface area (Å²) in [5.41, 5.74) is 0.690. The van der Waals surface area contributed by atoms with Gasteiger partial charge in [-0.15, -0.1) is 0 Å². The van der Waals surface area contributed by atoms with Crippen LogP contribution < -0.4 is 9.64 Å². The van der Waals surface area contributed by atoms with Crippen LogP contribution in [0.2, 0.25) is 0 Å². The number of amides is 2. The number of carbonyl (C=O) groups excluding carboxylic acids is 2. The molecule has 25 heavy (non-hydrogen) atoms. The molecule has 136 valence electrons. The summed E-state index contributed by atoms with van der Waals surface area (Å²) in [6.45, 7) is 4.00. The first-order chi connectivity index (χ1) is 12.0. The Bertz CT molecular complexity index is 638. The second kappa shape index (κ2) is 7.46. The van der Waals surface area contributed by atoms with E-state index in [1.165, 1.54) is 19.3 Å². The molecule has 1 atom stereocenters. The van der Waals surface area contributed by atoms with Gasteiger partial charge in [0.2, 0.25) is 5.91 Å². The lowest BCUT2D eigenvalue weighted by atomic mass is 9.94. The molecule has 1 aliphatic heterocycles. The summed E-state index contributed by atoms with van der Waals surface area (Å²) in [4.78, 5) is 29.2. The second-order valence-corrected chi connectivity index (χ2v) is 7.47. The van der Waals surface area contributed by atoms with Crippen molar-refractivity contribution in [1.82, 2.24) is 4.90 Å². The quantitative estimate of drug-likeness (QED) is 0.842. The van der Waals surface area contributed by atoms with E-state index in [0.717, 1.165) is 12.8 Å². The first kappa shape index (κ1) is 17.8. The van der Waals surface area contributed by atoms with Crippen molar-refractivity contribution in [2.75, 3.05) is 18.5 Å². The van der Waals surface area contributed by atoms with Gasteiger partial charge in [-0.25, -0.2) is 0 Å². The highest BCUT2D eigenvalue weighted by Crippen LogP contribution is 2.35. The molecule has 1 aliphatic carbocycles. The van der Waals surface area contributed by atoms with Crippen molar-refractivity contribution in [3.8, 4) is 5.75 Å². The number of likely N-dealkylation sites (N-methyl/N-ethyl adjacent to an activating group) is 1. The number of hydrogen-bond acceptors (Lipinski definition) is 3. The molecule has 0 N–H and O–H groups in total. The maximum absolute atomic E-state index is 12.9. The predicted molar refractivity (Wildman–Crippen MR) is 97.7 cm³/mol. The lowest BCUT2D eigenvalue weighted by Gasteiger charge is -2.37. The molecule has 1 heterocycles. The summed E-state index contributed by atoms with van der Waals surface area (Å²) in [5, 5.41) is 0. The highest BCUT2D eigenvalue weighted by molar-refractivity contribution is 6.04. The molecule has 0 aromatic heterocycles. The third-order valence-corrected chi connectivity index (χ3v) is 5.33. The van der Waals surface area contributed by atoms with Gasteiger partial charge in [0, 0.05) is 13.1 Å². The number of ether oxygens (including phenoxy) is 1. The van der Waals surface area contributed by atoms with Crippen molar-refractivity contribution < 1.29 is 14.3 Å². The number of fused-ring (bicyclic) bond motifs is 1. The maximum atomic E-state index is 12.9. The molecule has 1 aromatic rings. The molecule has 0 unspecified atom stereocenters. The van der Waals surface area contributed by atoms with E-state index in [-0.39, 0.29) is 24.3 Å². The van der Waals surface area contributed by atoms with E-state index in [9.17, 15) is 9.59 Å². The molecule has 0 spiro atoms.